The molecule has 1 aliphatic rings. The van der Waals surface area contributed by atoms with Gasteiger partial charge in [0.25, 0.3) is 11.8 Å². The highest BCUT2D eigenvalue weighted by molar-refractivity contribution is 5.03. The normalized spacial score (nSPS) is 22.1. The Morgan fingerprint density at radius 2 is 1.25 bits per heavy atom. The summed E-state index contributed by atoms with van der Waals surface area (Å²) in [5.41, 5.74) is -3.29. The average Bonchev–Trinajstić information content (AvgIpc) is 2.29. The molecule has 2 nitrogen and oxygen atoms in total. The number of halogens is 6. The van der Waals surface area contributed by atoms with Gasteiger partial charge in [-0.05, 0) is 0 Å². The quantitative estimate of drug-likeness (QED) is 0.714. The van der Waals surface area contributed by atoms with Gasteiger partial charge in [-0.25, -0.2) is 26.3 Å². The van der Waals surface area contributed by atoms with Gasteiger partial charge < -0.3 is 9.47 Å². The summed E-state index contributed by atoms with van der Waals surface area (Å²) in [6.45, 7) is -7.40. The van der Waals surface area contributed by atoms with E-state index in [2.05, 4.69) is 9.47 Å². The third kappa shape index (κ3) is 1.88. The third-order valence-electron chi connectivity index (χ3n) is 2.60. The molecule has 1 heterocycles. The molecule has 1 rings (SSSR count). The summed E-state index contributed by atoms with van der Waals surface area (Å²) in [6, 6.07) is 0. The van der Waals surface area contributed by atoms with Crippen LogP contribution in [0.3, 0.4) is 0 Å². The molecule has 96 valence electrons. The molecule has 1 aliphatic heterocycles. The van der Waals surface area contributed by atoms with E-state index in [1.807, 2.05) is 0 Å². The maximum atomic E-state index is 13.2. The number of hydrogen-bond donors (Lipinski definition) is 0. The molecule has 0 N–H and O–H groups in total. The Morgan fingerprint density at radius 3 is 1.56 bits per heavy atom. The standard InChI is InChI=1S/C8H10F6O2/c9-1-7(11,12)6(8(13,14)2-10)3-15-5-16-4-6/h1-5H2. The van der Waals surface area contributed by atoms with E-state index in [1.165, 1.54) is 0 Å². The van der Waals surface area contributed by atoms with E-state index in [1.54, 1.807) is 0 Å². The first-order chi connectivity index (χ1) is 7.33. The molecule has 8 heteroatoms. The predicted molar refractivity (Wildman–Crippen MR) is 41.0 cm³/mol. The summed E-state index contributed by atoms with van der Waals surface area (Å²) in [4.78, 5) is 0. The van der Waals surface area contributed by atoms with Crippen LogP contribution in [0.2, 0.25) is 0 Å². The second-order valence-corrected chi connectivity index (χ2v) is 3.57. The van der Waals surface area contributed by atoms with E-state index in [-0.39, 0.29) is 0 Å². The second-order valence-electron chi connectivity index (χ2n) is 3.57. The predicted octanol–water partition coefficient (Wildman–Crippen LogP) is 2.19. The summed E-state index contributed by atoms with van der Waals surface area (Å²) in [5.74, 6) is -8.83. The van der Waals surface area contributed by atoms with Crippen molar-refractivity contribution >= 4 is 0 Å². The molecular formula is C8H10F6O2. The Hall–Kier alpha value is -0.500. The van der Waals surface area contributed by atoms with Crippen LogP contribution >= 0.6 is 0 Å². The Balaban J connectivity index is 3.11. The van der Waals surface area contributed by atoms with Crippen molar-refractivity contribution in [3.05, 3.63) is 0 Å². The molecule has 0 bridgehead atoms. The van der Waals surface area contributed by atoms with E-state index >= 15 is 0 Å². The Morgan fingerprint density at radius 1 is 0.875 bits per heavy atom. The first kappa shape index (κ1) is 13.6. The van der Waals surface area contributed by atoms with Crippen molar-refractivity contribution in [3.8, 4) is 0 Å². The Labute approximate surface area is 87.5 Å². The van der Waals surface area contributed by atoms with Gasteiger partial charge >= 0.3 is 0 Å². The maximum absolute atomic E-state index is 13.2. The van der Waals surface area contributed by atoms with Gasteiger partial charge in [-0.2, -0.15) is 0 Å². The fraction of sp³-hybridized carbons (Fsp3) is 1.00. The molecule has 1 fully saturated rings. The Kier molecular flexibility index (Phi) is 3.73. The monoisotopic (exact) mass is 252 g/mol. The van der Waals surface area contributed by atoms with Crippen molar-refractivity contribution in [1.29, 1.82) is 0 Å². The number of ether oxygens (including phenoxy) is 2. The minimum Gasteiger partial charge on any atom is -0.354 e. The fourth-order valence-corrected chi connectivity index (χ4v) is 1.48. The van der Waals surface area contributed by atoms with Crippen LogP contribution in [0, 0.1) is 5.41 Å². The van der Waals surface area contributed by atoms with Gasteiger partial charge in [0, 0.05) is 0 Å². The van der Waals surface area contributed by atoms with Crippen molar-refractivity contribution in [2.75, 3.05) is 33.4 Å². The first-order valence-electron chi connectivity index (χ1n) is 4.36. The number of rotatable bonds is 4. The fourth-order valence-electron chi connectivity index (χ4n) is 1.48. The van der Waals surface area contributed by atoms with Gasteiger partial charge in [-0.15, -0.1) is 0 Å². The van der Waals surface area contributed by atoms with E-state index in [0.29, 0.717) is 0 Å². The second kappa shape index (κ2) is 4.40. The molecule has 0 saturated carbocycles. The van der Waals surface area contributed by atoms with Crippen LogP contribution in [0.5, 0.6) is 0 Å². The zero-order valence-corrected chi connectivity index (χ0v) is 8.12. The molecule has 0 aromatic carbocycles. The highest BCUT2D eigenvalue weighted by Gasteiger charge is 2.69. The molecule has 0 atom stereocenters. The zero-order valence-electron chi connectivity index (χ0n) is 8.12. The topological polar surface area (TPSA) is 18.5 Å². The summed E-state index contributed by atoms with van der Waals surface area (Å²) >= 11 is 0. The molecule has 0 aromatic heterocycles. The van der Waals surface area contributed by atoms with Gasteiger partial charge in [-0.1, -0.05) is 0 Å². The van der Waals surface area contributed by atoms with Crippen molar-refractivity contribution in [3.63, 3.8) is 0 Å². The van der Waals surface area contributed by atoms with Gasteiger partial charge in [0.2, 0.25) is 0 Å². The van der Waals surface area contributed by atoms with Crippen LogP contribution < -0.4 is 0 Å². The lowest BCUT2D eigenvalue weighted by atomic mass is 9.76. The van der Waals surface area contributed by atoms with Crippen LogP contribution in [0.25, 0.3) is 0 Å². The molecule has 1 saturated heterocycles. The molecule has 0 aromatic rings. The molecule has 0 amide bonds. The lowest BCUT2D eigenvalue weighted by Crippen LogP contribution is -2.63. The maximum Gasteiger partial charge on any atom is 0.291 e. The van der Waals surface area contributed by atoms with E-state index < -0.39 is 50.6 Å². The lowest BCUT2D eigenvalue weighted by molar-refractivity contribution is -0.321. The zero-order chi connectivity index (χ0) is 12.4. The molecule has 0 unspecified atom stereocenters. The van der Waals surface area contributed by atoms with Crippen LogP contribution in [0.15, 0.2) is 0 Å². The lowest BCUT2D eigenvalue weighted by Gasteiger charge is -2.44. The molecule has 0 radical (unpaired) electrons. The van der Waals surface area contributed by atoms with Crippen LogP contribution in [0.1, 0.15) is 0 Å². The average molecular weight is 252 g/mol. The van der Waals surface area contributed by atoms with Gasteiger partial charge in [0.1, 0.15) is 12.2 Å². The van der Waals surface area contributed by atoms with Crippen LogP contribution in [0.4, 0.5) is 26.3 Å². The summed E-state index contributed by atoms with van der Waals surface area (Å²) < 4.78 is 85.8. The third-order valence-corrected chi connectivity index (χ3v) is 2.60. The summed E-state index contributed by atoms with van der Waals surface area (Å²) in [7, 11) is 0. The molecule has 0 aliphatic carbocycles. The smallest absolute Gasteiger partial charge is 0.291 e. The minimum absolute atomic E-state index is 0.452. The van der Waals surface area contributed by atoms with Crippen molar-refractivity contribution < 1.29 is 35.8 Å². The SMILES string of the molecule is FCC(F)(F)C1(C(F)(F)CF)COCOC1. The van der Waals surface area contributed by atoms with E-state index in [9.17, 15) is 26.3 Å². The largest absolute Gasteiger partial charge is 0.354 e. The summed E-state index contributed by atoms with van der Waals surface area (Å²) in [5, 5.41) is 0. The molecule has 0 spiro atoms. The van der Waals surface area contributed by atoms with E-state index in [0.717, 1.165) is 0 Å². The van der Waals surface area contributed by atoms with Crippen LogP contribution in [-0.4, -0.2) is 45.2 Å². The Bertz CT molecular complexity index is 221. The van der Waals surface area contributed by atoms with E-state index in [4.69, 9.17) is 0 Å². The van der Waals surface area contributed by atoms with Crippen molar-refractivity contribution in [2.24, 2.45) is 5.41 Å². The first-order valence-corrected chi connectivity index (χ1v) is 4.36. The molecule has 16 heavy (non-hydrogen) atoms. The summed E-state index contributed by atoms with van der Waals surface area (Å²) in [6.07, 6.45) is 0. The van der Waals surface area contributed by atoms with Crippen LogP contribution in [-0.2, 0) is 9.47 Å². The number of alkyl halides is 6. The van der Waals surface area contributed by atoms with Gasteiger partial charge in [-0.3, -0.25) is 0 Å². The number of hydrogen-bond acceptors (Lipinski definition) is 2. The van der Waals surface area contributed by atoms with Crippen molar-refractivity contribution in [1.82, 2.24) is 0 Å². The minimum atomic E-state index is -4.41. The van der Waals surface area contributed by atoms with Gasteiger partial charge in [0.05, 0.1) is 13.2 Å². The highest BCUT2D eigenvalue weighted by Crippen LogP contribution is 2.50. The van der Waals surface area contributed by atoms with Crippen molar-refractivity contribution in [2.45, 2.75) is 11.8 Å². The molecular weight excluding hydrogens is 242 g/mol. The van der Waals surface area contributed by atoms with Gasteiger partial charge in [0.15, 0.2) is 13.3 Å². The highest BCUT2D eigenvalue weighted by atomic mass is 19.3.